The SMILES string of the molecule is Cc1ccc(S(=O)(=O)OC(=O)CCCc2cccc(CN)c2)cc1. The van der Waals surface area contributed by atoms with E-state index in [1.807, 2.05) is 31.2 Å². The molecule has 0 heterocycles. The number of benzene rings is 2. The standard InChI is InChI=1S/C18H21NO4S/c1-14-8-10-17(11-9-14)24(21,22)23-18(20)7-3-5-15-4-2-6-16(12-15)13-19/h2,4,6,8-12H,3,5,7,13,19H2,1H3. The van der Waals surface area contributed by atoms with Crippen LogP contribution in [0, 0.1) is 6.92 Å². The van der Waals surface area contributed by atoms with Crippen molar-refractivity contribution >= 4 is 16.1 Å². The molecule has 0 fully saturated rings. The molecule has 128 valence electrons. The Labute approximate surface area is 142 Å². The summed E-state index contributed by atoms with van der Waals surface area (Å²) in [6.45, 7) is 2.31. The van der Waals surface area contributed by atoms with Gasteiger partial charge in [0.25, 0.3) is 0 Å². The molecule has 0 spiro atoms. The third-order valence-corrected chi connectivity index (χ3v) is 4.84. The van der Waals surface area contributed by atoms with Crippen LogP contribution >= 0.6 is 0 Å². The van der Waals surface area contributed by atoms with E-state index < -0.39 is 16.1 Å². The Balaban J connectivity index is 1.87. The molecule has 0 aliphatic heterocycles. The number of aryl methyl sites for hydroxylation is 2. The first-order chi connectivity index (χ1) is 11.4. The van der Waals surface area contributed by atoms with E-state index in [4.69, 9.17) is 5.73 Å². The van der Waals surface area contributed by atoms with Gasteiger partial charge >= 0.3 is 16.1 Å². The van der Waals surface area contributed by atoms with Crippen molar-refractivity contribution < 1.29 is 17.4 Å². The summed E-state index contributed by atoms with van der Waals surface area (Å²) < 4.78 is 28.7. The van der Waals surface area contributed by atoms with Crippen molar-refractivity contribution in [2.75, 3.05) is 0 Å². The van der Waals surface area contributed by atoms with Gasteiger partial charge in [-0.3, -0.25) is 4.79 Å². The van der Waals surface area contributed by atoms with E-state index >= 15 is 0 Å². The Kier molecular flexibility index (Phi) is 6.11. The van der Waals surface area contributed by atoms with E-state index in [2.05, 4.69) is 4.18 Å². The molecule has 24 heavy (non-hydrogen) atoms. The second kappa shape index (κ2) is 8.08. The molecule has 0 aromatic heterocycles. The first-order valence-corrected chi connectivity index (χ1v) is 9.13. The maximum Gasteiger partial charge on any atom is 0.341 e. The van der Waals surface area contributed by atoms with Crippen LogP contribution in [-0.2, 0) is 32.1 Å². The molecule has 2 aromatic carbocycles. The van der Waals surface area contributed by atoms with Crippen LogP contribution in [0.1, 0.15) is 29.5 Å². The normalized spacial score (nSPS) is 11.2. The summed E-state index contributed by atoms with van der Waals surface area (Å²) in [5.74, 6) is -0.745. The zero-order valence-electron chi connectivity index (χ0n) is 13.6. The molecule has 2 aromatic rings. The summed E-state index contributed by atoms with van der Waals surface area (Å²) in [7, 11) is -4.05. The van der Waals surface area contributed by atoms with E-state index in [0.717, 1.165) is 16.7 Å². The maximum atomic E-state index is 12.0. The van der Waals surface area contributed by atoms with Crippen LogP contribution in [0.5, 0.6) is 0 Å². The summed E-state index contributed by atoms with van der Waals surface area (Å²) in [6.07, 6.45) is 1.21. The first kappa shape index (κ1) is 18.2. The highest BCUT2D eigenvalue weighted by molar-refractivity contribution is 7.87. The Morgan fingerprint density at radius 3 is 2.42 bits per heavy atom. The van der Waals surface area contributed by atoms with E-state index in [1.54, 1.807) is 12.1 Å². The van der Waals surface area contributed by atoms with Crippen LogP contribution in [0.3, 0.4) is 0 Å². The number of carbonyl (C=O) groups excluding carboxylic acids is 1. The lowest BCUT2D eigenvalue weighted by atomic mass is 10.1. The molecule has 0 saturated carbocycles. The fourth-order valence-electron chi connectivity index (χ4n) is 2.27. The summed E-state index contributed by atoms with van der Waals surface area (Å²) in [6, 6.07) is 14.0. The van der Waals surface area contributed by atoms with Crippen LogP contribution in [0.2, 0.25) is 0 Å². The molecule has 2 N–H and O–H groups in total. The lowest BCUT2D eigenvalue weighted by Gasteiger charge is -2.06. The molecule has 0 amide bonds. The van der Waals surface area contributed by atoms with Gasteiger partial charge in [0.2, 0.25) is 0 Å². The number of rotatable bonds is 7. The summed E-state index contributed by atoms with van der Waals surface area (Å²) in [4.78, 5) is 11.8. The molecule has 0 aliphatic rings. The zero-order chi connectivity index (χ0) is 17.6. The van der Waals surface area contributed by atoms with Crippen molar-refractivity contribution in [1.82, 2.24) is 0 Å². The largest absolute Gasteiger partial charge is 0.342 e. The second-order valence-corrected chi connectivity index (χ2v) is 7.15. The predicted molar refractivity (Wildman–Crippen MR) is 91.7 cm³/mol. The molecule has 5 nitrogen and oxygen atoms in total. The molecule has 2 rings (SSSR count). The Bertz CT molecular complexity index is 798. The lowest BCUT2D eigenvalue weighted by Crippen LogP contribution is -2.13. The number of hydrogen-bond acceptors (Lipinski definition) is 5. The van der Waals surface area contributed by atoms with Crippen molar-refractivity contribution in [3.05, 3.63) is 65.2 Å². The highest BCUT2D eigenvalue weighted by Gasteiger charge is 2.19. The van der Waals surface area contributed by atoms with Gasteiger partial charge in [-0.1, -0.05) is 42.0 Å². The molecule has 0 aliphatic carbocycles. The molecule has 0 saturated heterocycles. The average molecular weight is 347 g/mol. The molecule has 0 atom stereocenters. The Hall–Kier alpha value is -2.18. The van der Waals surface area contributed by atoms with Crippen molar-refractivity contribution in [1.29, 1.82) is 0 Å². The minimum absolute atomic E-state index is 0.0166. The molecule has 6 heteroatoms. The molecular formula is C18H21NO4S. The quantitative estimate of drug-likeness (QED) is 0.778. The highest BCUT2D eigenvalue weighted by Crippen LogP contribution is 2.15. The summed E-state index contributed by atoms with van der Waals surface area (Å²) >= 11 is 0. The van der Waals surface area contributed by atoms with Gasteiger partial charge in [0.05, 0.1) is 0 Å². The fraction of sp³-hybridized carbons (Fsp3) is 0.278. The minimum atomic E-state index is -4.05. The predicted octanol–water partition coefficient (Wildman–Crippen LogP) is 2.71. The number of nitrogens with two attached hydrogens (primary N) is 1. The monoisotopic (exact) mass is 347 g/mol. The van der Waals surface area contributed by atoms with Crippen LogP contribution in [0.15, 0.2) is 53.4 Å². The average Bonchev–Trinajstić information content (AvgIpc) is 2.55. The van der Waals surface area contributed by atoms with Gasteiger partial charge in [-0.15, -0.1) is 0 Å². The van der Waals surface area contributed by atoms with Crippen LogP contribution in [0.25, 0.3) is 0 Å². The first-order valence-electron chi connectivity index (χ1n) is 7.72. The van der Waals surface area contributed by atoms with Crippen LogP contribution < -0.4 is 5.73 Å². The third-order valence-electron chi connectivity index (χ3n) is 3.59. The van der Waals surface area contributed by atoms with Gasteiger partial charge < -0.3 is 9.92 Å². The minimum Gasteiger partial charge on any atom is -0.342 e. The fourth-order valence-corrected chi connectivity index (χ4v) is 3.16. The van der Waals surface area contributed by atoms with Crippen molar-refractivity contribution in [3.63, 3.8) is 0 Å². The van der Waals surface area contributed by atoms with Crippen LogP contribution in [-0.4, -0.2) is 14.4 Å². The lowest BCUT2D eigenvalue weighted by molar-refractivity contribution is -0.133. The molecule has 0 radical (unpaired) electrons. The molecular weight excluding hydrogens is 326 g/mol. The van der Waals surface area contributed by atoms with Gasteiger partial charge in [-0.2, -0.15) is 8.42 Å². The Morgan fingerprint density at radius 1 is 1.08 bits per heavy atom. The van der Waals surface area contributed by atoms with Gasteiger partial charge in [0.1, 0.15) is 4.90 Å². The zero-order valence-corrected chi connectivity index (χ0v) is 14.4. The van der Waals surface area contributed by atoms with Crippen molar-refractivity contribution in [3.8, 4) is 0 Å². The topological polar surface area (TPSA) is 86.5 Å². The van der Waals surface area contributed by atoms with Gasteiger partial charge in [-0.25, -0.2) is 0 Å². The van der Waals surface area contributed by atoms with Crippen molar-refractivity contribution in [2.24, 2.45) is 5.73 Å². The van der Waals surface area contributed by atoms with E-state index in [-0.39, 0.29) is 11.3 Å². The summed E-state index contributed by atoms with van der Waals surface area (Å²) in [5, 5.41) is 0. The molecule has 0 bridgehead atoms. The third kappa shape index (κ3) is 5.18. The van der Waals surface area contributed by atoms with Gasteiger partial charge in [0, 0.05) is 13.0 Å². The van der Waals surface area contributed by atoms with E-state index in [1.165, 1.54) is 12.1 Å². The highest BCUT2D eigenvalue weighted by atomic mass is 32.2. The van der Waals surface area contributed by atoms with Gasteiger partial charge in [-0.05, 0) is 43.0 Å². The van der Waals surface area contributed by atoms with E-state index in [9.17, 15) is 13.2 Å². The Morgan fingerprint density at radius 2 is 1.75 bits per heavy atom. The number of carbonyl (C=O) groups is 1. The maximum absolute atomic E-state index is 12.0. The van der Waals surface area contributed by atoms with E-state index in [0.29, 0.717) is 19.4 Å². The second-order valence-electron chi connectivity index (χ2n) is 5.60. The van der Waals surface area contributed by atoms with Crippen molar-refractivity contribution in [2.45, 2.75) is 37.6 Å². The van der Waals surface area contributed by atoms with Gasteiger partial charge in [0.15, 0.2) is 0 Å². The molecule has 0 unspecified atom stereocenters. The van der Waals surface area contributed by atoms with Crippen LogP contribution in [0.4, 0.5) is 0 Å². The number of hydrogen-bond donors (Lipinski definition) is 1. The summed E-state index contributed by atoms with van der Waals surface area (Å²) in [5.41, 5.74) is 8.61. The smallest absolute Gasteiger partial charge is 0.341 e.